The molecule has 0 aromatic carbocycles. The Morgan fingerprint density at radius 3 is 2.43 bits per heavy atom. The molecule has 114 valence electrons. The maximum atomic E-state index is 11.1. The van der Waals surface area contributed by atoms with Gasteiger partial charge >= 0.3 is 5.97 Å². The van der Waals surface area contributed by atoms with Gasteiger partial charge in [-0.05, 0) is 18.6 Å². The van der Waals surface area contributed by atoms with Crippen LogP contribution in [0.1, 0.15) is 39.0 Å². The van der Waals surface area contributed by atoms with Crippen molar-refractivity contribution >= 4 is 30.0 Å². The first kappa shape index (κ1) is 17.0. The SMILES string of the molecule is CCCCC(=O)ON1C(=O)CCC1=O.S=c1cccc[nH]1. The predicted octanol–water partition coefficient (Wildman–Crippen LogP) is 2.53. The number of nitrogens with one attached hydrogen (secondary N) is 1. The van der Waals surface area contributed by atoms with Gasteiger partial charge in [0.05, 0.1) is 0 Å². The highest BCUT2D eigenvalue weighted by Gasteiger charge is 2.32. The smallest absolute Gasteiger partial charge is 0.333 e. The average Bonchev–Trinajstić information content (AvgIpc) is 2.78. The standard InChI is InChI=1S/C9H13NO4.C5H5NS/c1-2-3-4-9(13)14-10-7(11)5-6-8(10)12;7-5-3-1-2-4-6-5/h2-6H2,1H3;1-4H,(H,6,7). The van der Waals surface area contributed by atoms with E-state index in [1.807, 2.05) is 31.3 Å². The van der Waals surface area contributed by atoms with Crippen LogP contribution in [0, 0.1) is 4.64 Å². The van der Waals surface area contributed by atoms with Crippen molar-refractivity contribution in [3.05, 3.63) is 29.0 Å². The van der Waals surface area contributed by atoms with Crippen molar-refractivity contribution in [3.63, 3.8) is 0 Å². The minimum absolute atomic E-state index is 0.139. The van der Waals surface area contributed by atoms with E-state index in [0.717, 1.165) is 11.1 Å². The lowest BCUT2D eigenvalue weighted by Crippen LogP contribution is -2.31. The Morgan fingerprint density at radius 2 is 2.00 bits per heavy atom. The van der Waals surface area contributed by atoms with Crippen LogP contribution in [0.3, 0.4) is 0 Å². The van der Waals surface area contributed by atoms with Crippen molar-refractivity contribution in [3.8, 4) is 0 Å². The first-order valence-electron chi connectivity index (χ1n) is 6.75. The molecule has 0 bridgehead atoms. The van der Waals surface area contributed by atoms with Gasteiger partial charge in [0.1, 0.15) is 4.64 Å². The topological polar surface area (TPSA) is 79.5 Å². The van der Waals surface area contributed by atoms with E-state index < -0.39 is 17.8 Å². The summed E-state index contributed by atoms with van der Waals surface area (Å²) < 4.78 is 0.780. The Balaban J connectivity index is 0.000000262. The van der Waals surface area contributed by atoms with E-state index >= 15 is 0 Å². The van der Waals surface area contributed by atoms with Crippen molar-refractivity contribution in [2.75, 3.05) is 0 Å². The number of carbonyl (C=O) groups excluding carboxylic acids is 3. The number of aromatic amines is 1. The molecular formula is C14H18N2O4S. The number of carbonyl (C=O) groups is 3. The van der Waals surface area contributed by atoms with E-state index in [1.165, 1.54) is 0 Å². The van der Waals surface area contributed by atoms with E-state index in [9.17, 15) is 14.4 Å². The summed E-state index contributed by atoms with van der Waals surface area (Å²) in [7, 11) is 0. The summed E-state index contributed by atoms with van der Waals surface area (Å²) >= 11 is 4.76. The Hall–Kier alpha value is -2.02. The zero-order valence-electron chi connectivity index (χ0n) is 11.8. The molecule has 0 unspecified atom stereocenters. The molecule has 2 heterocycles. The maximum absolute atomic E-state index is 11.1. The second-order valence-electron chi connectivity index (χ2n) is 4.38. The average molecular weight is 310 g/mol. The molecule has 0 spiro atoms. The van der Waals surface area contributed by atoms with E-state index in [0.29, 0.717) is 11.5 Å². The van der Waals surface area contributed by atoms with Gasteiger partial charge in [-0.3, -0.25) is 9.59 Å². The summed E-state index contributed by atoms with van der Waals surface area (Å²) in [4.78, 5) is 40.6. The molecule has 2 amide bonds. The molecule has 0 saturated carbocycles. The number of amides is 2. The van der Waals surface area contributed by atoms with Crippen LogP contribution in [-0.4, -0.2) is 27.8 Å². The molecule has 1 aromatic heterocycles. The summed E-state index contributed by atoms with van der Waals surface area (Å²) in [5.74, 6) is -1.38. The largest absolute Gasteiger partial charge is 0.353 e. The molecule has 1 aliphatic rings. The summed E-state index contributed by atoms with van der Waals surface area (Å²) in [5.41, 5.74) is 0. The van der Waals surface area contributed by atoms with Gasteiger partial charge in [0, 0.05) is 25.5 Å². The molecule has 0 atom stereocenters. The number of imide groups is 1. The molecule has 1 aromatic rings. The Kier molecular flexibility index (Phi) is 7.31. The van der Waals surface area contributed by atoms with Crippen LogP contribution in [0.5, 0.6) is 0 Å². The highest BCUT2D eigenvalue weighted by molar-refractivity contribution is 7.71. The number of nitrogens with zero attached hydrogens (tertiary/aromatic N) is 1. The van der Waals surface area contributed by atoms with Gasteiger partial charge in [0.2, 0.25) is 0 Å². The lowest BCUT2D eigenvalue weighted by molar-refractivity contribution is -0.197. The third kappa shape index (κ3) is 6.31. The number of hydrogen-bond acceptors (Lipinski definition) is 5. The molecule has 0 aliphatic carbocycles. The zero-order chi connectivity index (χ0) is 15.7. The lowest BCUT2D eigenvalue weighted by atomic mass is 10.3. The van der Waals surface area contributed by atoms with Gasteiger partial charge in [-0.25, -0.2) is 4.79 Å². The lowest BCUT2D eigenvalue weighted by Gasteiger charge is -2.11. The first-order chi connectivity index (χ1) is 10.0. The van der Waals surface area contributed by atoms with E-state index in [1.54, 1.807) is 0 Å². The monoisotopic (exact) mass is 310 g/mol. The normalized spacial score (nSPS) is 13.7. The number of pyridine rings is 1. The van der Waals surface area contributed by atoms with E-state index in [4.69, 9.17) is 12.2 Å². The van der Waals surface area contributed by atoms with Crippen molar-refractivity contribution in [1.82, 2.24) is 10.0 Å². The van der Waals surface area contributed by atoms with Gasteiger partial charge in [-0.2, -0.15) is 0 Å². The minimum atomic E-state index is -0.518. The van der Waals surface area contributed by atoms with Gasteiger partial charge < -0.3 is 9.82 Å². The molecule has 1 saturated heterocycles. The zero-order valence-corrected chi connectivity index (χ0v) is 12.6. The van der Waals surface area contributed by atoms with Crippen LogP contribution in [-0.2, 0) is 19.2 Å². The fourth-order valence-corrected chi connectivity index (χ4v) is 1.65. The quantitative estimate of drug-likeness (QED) is 0.683. The second-order valence-corrected chi connectivity index (χ2v) is 4.82. The predicted molar refractivity (Wildman–Crippen MR) is 78.3 cm³/mol. The third-order valence-corrected chi connectivity index (χ3v) is 2.87. The number of H-pyrrole nitrogens is 1. The van der Waals surface area contributed by atoms with E-state index in [-0.39, 0.29) is 19.3 Å². The molecule has 1 aliphatic heterocycles. The molecule has 0 radical (unpaired) electrons. The number of aromatic nitrogens is 1. The fraction of sp³-hybridized carbons (Fsp3) is 0.429. The molecule has 2 rings (SSSR count). The highest BCUT2D eigenvalue weighted by atomic mass is 32.1. The number of unbranched alkanes of at least 4 members (excludes halogenated alkanes) is 1. The maximum Gasteiger partial charge on any atom is 0.333 e. The van der Waals surface area contributed by atoms with Gasteiger partial charge in [-0.15, -0.1) is 5.06 Å². The van der Waals surface area contributed by atoms with Gasteiger partial charge in [-0.1, -0.05) is 31.6 Å². The Morgan fingerprint density at radius 1 is 1.33 bits per heavy atom. The molecular weight excluding hydrogens is 292 g/mol. The summed E-state index contributed by atoms with van der Waals surface area (Å²) in [6, 6.07) is 5.64. The van der Waals surface area contributed by atoms with Crippen molar-refractivity contribution in [2.24, 2.45) is 0 Å². The van der Waals surface area contributed by atoms with E-state index in [2.05, 4.69) is 9.82 Å². The van der Waals surface area contributed by atoms with Crippen LogP contribution in [0.4, 0.5) is 0 Å². The minimum Gasteiger partial charge on any atom is -0.353 e. The number of hydrogen-bond donors (Lipinski definition) is 1. The van der Waals surface area contributed by atoms with Crippen LogP contribution in [0.15, 0.2) is 24.4 Å². The molecule has 21 heavy (non-hydrogen) atoms. The molecule has 1 N–H and O–H groups in total. The van der Waals surface area contributed by atoms with Crippen molar-refractivity contribution in [2.45, 2.75) is 39.0 Å². The molecule has 6 nitrogen and oxygen atoms in total. The van der Waals surface area contributed by atoms with Crippen LogP contribution in [0.2, 0.25) is 0 Å². The summed E-state index contributed by atoms with van der Waals surface area (Å²) in [6.45, 7) is 1.94. The second kappa shape index (κ2) is 9.02. The molecule has 1 fully saturated rings. The fourth-order valence-electron chi connectivity index (χ4n) is 1.50. The van der Waals surface area contributed by atoms with Gasteiger partial charge in [0.25, 0.3) is 11.8 Å². The van der Waals surface area contributed by atoms with Gasteiger partial charge in [0.15, 0.2) is 0 Å². The number of hydroxylamine groups is 2. The summed E-state index contributed by atoms with van der Waals surface area (Å²) in [6.07, 6.45) is 3.90. The third-order valence-electron chi connectivity index (χ3n) is 2.61. The van der Waals surface area contributed by atoms with Crippen LogP contribution >= 0.6 is 12.2 Å². The van der Waals surface area contributed by atoms with Crippen molar-refractivity contribution in [1.29, 1.82) is 0 Å². The Labute approximate surface area is 128 Å². The van der Waals surface area contributed by atoms with Crippen LogP contribution < -0.4 is 0 Å². The highest BCUT2D eigenvalue weighted by Crippen LogP contribution is 2.13. The Bertz CT molecular complexity index is 522. The number of rotatable bonds is 4. The molecule has 7 heteroatoms. The van der Waals surface area contributed by atoms with Crippen molar-refractivity contribution < 1.29 is 19.2 Å². The first-order valence-corrected chi connectivity index (χ1v) is 7.15. The van der Waals surface area contributed by atoms with Crippen LogP contribution in [0.25, 0.3) is 0 Å². The summed E-state index contributed by atoms with van der Waals surface area (Å²) in [5, 5.41) is 0.581.